The van der Waals surface area contributed by atoms with E-state index in [9.17, 15) is 8.42 Å². The maximum atomic E-state index is 12.6. The van der Waals surface area contributed by atoms with Crippen LogP contribution in [0, 0.1) is 13.8 Å². The second-order valence-electron chi connectivity index (χ2n) is 6.23. The van der Waals surface area contributed by atoms with E-state index in [0.717, 1.165) is 42.1 Å². The molecule has 2 aliphatic carbocycles. The highest BCUT2D eigenvalue weighted by atomic mass is 32.2. The first kappa shape index (κ1) is 14.3. The summed E-state index contributed by atoms with van der Waals surface area (Å²) in [5.41, 5.74) is 0.783. The monoisotopic (exact) mass is 338 g/mol. The van der Waals surface area contributed by atoms with Crippen LogP contribution in [0.2, 0.25) is 0 Å². The van der Waals surface area contributed by atoms with E-state index in [-0.39, 0.29) is 10.1 Å². The van der Waals surface area contributed by atoms with Crippen molar-refractivity contribution in [2.45, 2.75) is 61.6 Å². The molecule has 0 amide bonds. The van der Waals surface area contributed by atoms with Gasteiger partial charge in [0.05, 0.1) is 5.69 Å². The van der Waals surface area contributed by atoms with Crippen molar-refractivity contribution >= 4 is 21.2 Å². The van der Waals surface area contributed by atoms with Crippen LogP contribution in [-0.2, 0) is 15.6 Å². The van der Waals surface area contributed by atoms with Gasteiger partial charge in [0.1, 0.15) is 17.4 Å². The van der Waals surface area contributed by atoms with Gasteiger partial charge in [-0.25, -0.2) is 13.4 Å². The average molecular weight is 338 g/mol. The van der Waals surface area contributed by atoms with Gasteiger partial charge in [0.15, 0.2) is 0 Å². The van der Waals surface area contributed by atoms with E-state index < -0.39 is 9.84 Å². The number of nitrogens with zero attached hydrogens (tertiary/aromatic N) is 4. The Morgan fingerprint density at radius 1 is 1.18 bits per heavy atom. The number of sulfone groups is 1. The minimum atomic E-state index is -3.45. The molecule has 0 bridgehead atoms. The molecule has 2 aromatic heterocycles. The predicted octanol–water partition coefficient (Wildman–Crippen LogP) is 2.54. The van der Waals surface area contributed by atoms with Crippen LogP contribution in [0.4, 0.5) is 0 Å². The first-order valence-electron chi connectivity index (χ1n) is 7.56. The van der Waals surface area contributed by atoms with E-state index >= 15 is 0 Å². The van der Waals surface area contributed by atoms with Crippen molar-refractivity contribution in [3.8, 4) is 0 Å². The quantitative estimate of drug-likeness (QED) is 0.837. The van der Waals surface area contributed by atoms with E-state index in [1.165, 1.54) is 11.3 Å². The second kappa shape index (κ2) is 4.86. The van der Waals surface area contributed by atoms with Gasteiger partial charge in [0, 0.05) is 16.8 Å². The molecule has 0 spiro atoms. The number of rotatable bonds is 5. The molecule has 2 aromatic rings. The van der Waals surface area contributed by atoms with Crippen LogP contribution in [0.3, 0.4) is 0 Å². The molecule has 0 unspecified atom stereocenters. The highest BCUT2D eigenvalue weighted by Gasteiger charge is 2.37. The number of thiazole rings is 1. The summed E-state index contributed by atoms with van der Waals surface area (Å²) in [6.45, 7) is 3.73. The van der Waals surface area contributed by atoms with Crippen LogP contribution >= 0.6 is 11.3 Å². The van der Waals surface area contributed by atoms with Gasteiger partial charge >= 0.3 is 0 Å². The first-order chi connectivity index (χ1) is 10.5. The Labute approximate surface area is 133 Å². The van der Waals surface area contributed by atoms with E-state index in [2.05, 4.69) is 19.7 Å². The fraction of sp³-hybridized carbons (Fsp3) is 0.643. The lowest BCUT2D eigenvalue weighted by molar-refractivity contribution is 0.587. The summed E-state index contributed by atoms with van der Waals surface area (Å²) in [4.78, 5) is 5.14. The second-order valence-corrected chi connectivity index (χ2v) is 9.60. The van der Waals surface area contributed by atoms with Gasteiger partial charge < -0.3 is 4.57 Å². The highest BCUT2D eigenvalue weighted by Crippen LogP contribution is 2.45. The number of aryl methyl sites for hydroxylation is 2. The molecule has 118 valence electrons. The Hall–Kier alpha value is -1.28. The lowest BCUT2D eigenvalue weighted by atomic mass is 10.4. The van der Waals surface area contributed by atoms with E-state index in [0.29, 0.717) is 17.8 Å². The van der Waals surface area contributed by atoms with Gasteiger partial charge in [-0.2, -0.15) is 0 Å². The fourth-order valence-electron chi connectivity index (χ4n) is 2.59. The average Bonchev–Trinajstić information content (AvgIpc) is 3.37. The van der Waals surface area contributed by atoms with Gasteiger partial charge in [0.2, 0.25) is 14.2 Å². The minimum absolute atomic E-state index is 0.102. The SMILES string of the molecule is Cc1nc(S(=O)(=O)Cc2nnc(C3CC3)n2C2CC2)sc1C. The standard InChI is InChI=1S/C14H18N4O2S2/c1-8-9(2)21-14(15-8)22(19,20)7-12-16-17-13(10-3-4-10)18(12)11-5-6-11/h10-11H,3-7H2,1-2H3. The summed E-state index contributed by atoms with van der Waals surface area (Å²) in [6, 6.07) is 0.399. The summed E-state index contributed by atoms with van der Waals surface area (Å²) in [7, 11) is -3.45. The molecule has 0 aromatic carbocycles. The zero-order valence-electron chi connectivity index (χ0n) is 12.6. The van der Waals surface area contributed by atoms with Crippen LogP contribution in [0.15, 0.2) is 4.34 Å². The van der Waals surface area contributed by atoms with Crippen LogP contribution in [0.5, 0.6) is 0 Å². The number of hydrogen-bond acceptors (Lipinski definition) is 6. The van der Waals surface area contributed by atoms with E-state index in [4.69, 9.17) is 0 Å². The Morgan fingerprint density at radius 2 is 1.91 bits per heavy atom. The zero-order chi connectivity index (χ0) is 15.5. The summed E-state index contributed by atoms with van der Waals surface area (Å²) >= 11 is 1.24. The van der Waals surface area contributed by atoms with E-state index in [1.807, 2.05) is 13.8 Å². The Bertz CT molecular complexity index is 810. The topological polar surface area (TPSA) is 77.7 Å². The van der Waals surface area contributed by atoms with Crippen LogP contribution < -0.4 is 0 Å². The number of hydrogen-bond donors (Lipinski definition) is 0. The van der Waals surface area contributed by atoms with E-state index in [1.54, 1.807) is 0 Å². The summed E-state index contributed by atoms with van der Waals surface area (Å²) < 4.78 is 27.5. The molecule has 2 fully saturated rings. The normalized spacial score (nSPS) is 18.8. The van der Waals surface area contributed by atoms with Crippen LogP contribution in [-0.4, -0.2) is 28.2 Å². The predicted molar refractivity (Wildman–Crippen MR) is 82.7 cm³/mol. The Kier molecular flexibility index (Phi) is 3.16. The fourth-order valence-corrected chi connectivity index (χ4v) is 5.23. The largest absolute Gasteiger partial charge is 0.311 e. The Balaban J connectivity index is 1.68. The molecule has 0 saturated heterocycles. The molecule has 0 atom stereocenters. The summed E-state index contributed by atoms with van der Waals surface area (Å²) in [5.74, 6) is 1.94. The van der Waals surface area contributed by atoms with Crippen molar-refractivity contribution in [1.29, 1.82) is 0 Å². The zero-order valence-corrected chi connectivity index (χ0v) is 14.2. The summed E-state index contributed by atoms with van der Waals surface area (Å²) in [6.07, 6.45) is 4.48. The van der Waals surface area contributed by atoms with Crippen molar-refractivity contribution < 1.29 is 8.42 Å². The third-order valence-corrected chi connectivity index (χ3v) is 7.38. The maximum Gasteiger partial charge on any atom is 0.212 e. The van der Waals surface area contributed by atoms with Crippen molar-refractivity contribution in [2.24, 2.45) is 0 Å². The van der Waals surface area contributed by atoms with Gasteiger partial charge in [-0.3, -0.25) is 0 Å². The third kappa shape index (κ3) is 2.48. The third-order valence-electron chi connectivity index (χ3n) is 4.24. The summed E-state index contributed by atoms with van der Waals surface area (Å²) in [5, 5.41) is 8.46. The number of aromatic nitrogens is 4. The molecule has 2 heterocycles. The van der Waals surface area contributed by atoms with Crippen LogP contribution in [0.25, 0.3) is 0 Å². The highest BCUT2D eigenvalue weighted by molar-refractivity contribution is 7.92. The molecular weight excluding hydrogens is 320 g/mol. The molecule has 0 radical (unpaired) electrons. The van der Waals surface area contributed by atoms with Gasteiger partial charge in [-0.15, -0.1) is 21.5 Å². The van der Waals surface area contributed by atoms with Gasteiger partial charge in [0.25, 0.3) is 0 Å². The molecule has 2 aliphatic rings. The minimum Gasteiger partial charge on any atom is -0.311 e. The molecule has 4 rings (SSSR count). The lowest BCUT2D eigenvalue weighted by Gasteiger charge is -2.08. The molecule has 0 N–H and O–H groups in total. The molecular formula is C14H18N4O2S2. The molecule has 8 heteroatoms. The van der Waals surface area contributed by atoms with Gasteiger partial charge in [-0.1, -0.05) is 0 Å². The molecule has 6 nitrogen and oxygen atoms in total. The van der Waals surface area contributed by atoms with Crippen molar-refractivity contribution in [3.63, 3.8) is 0 Å². The van der Waals surface area contributed by atoms with Gasteiger partial charge in [-0.05, 0) is 39.5 Å². The Morgan fingerprint density at radius 3 is 2.45 bits per heavy atom. The van der Waals surface area contributed by atoms with Crippen molar-refractivity contribution in [2.75, 3.05) is 0 Å². The van der Waals surface area contributed by atoms with Crippen LogP contribution in [0.1, 0.15) is 59.9 Å². The van der Waals surface area contributed by atoms with Crippen molar-refractivity contribution in [3.05, 3.63) is 22.2 Å². The lowest BCUT2D eigenvalue weighted by Crippen LogP contribution is -2.12. The first-order valence-corrected chi connectivity index (χ1v) is 10.0. The molecule has 0 aliphatic heterocycles. The molecule has 2 saturated carbocycles. The maximum absolute atomic E-state index is 12.6. The molecule has 22 heavy (non-hydrogen) atoms. The smallest absolute Gasteiger partial charge is 0.212 e. The van der Waals surface area contributed by atoms with Crippen molar-refractivity contribution in [1.82, 2.24) is 19.7 Å².